The van der Waals surface area contributed by atoms with Gasteiger partial charge in [-0.05, 0) is 30.9 Å². The molecule has 27 heavy (non-hydrogen) atoms. The summed E-state index contributed by atoms with van der Waals surface area (Å²) in [4.78, 5) is 44.2. The Bertz CT molecular complexity index is 706. The fourth-order valence-corrected chi connectivity index (χ4v) is 3.68. The molecule has 0 N–H and O–H groups in total. The van der Waals surface area contributed by atoms with Gasteiger partial charge in [-0.3, -0.25) is 4.79 Å². The van der Waals surface area contributed by atoms with Gasteiger partial charge in [0.2, 0.25) is 5.91 Å². The molecule has 0 spiro atoms. The first-order valence-electron chi connectivity index (χ1n) is 9.44. The molecule has 2 saturated heterocycles. The maximum absolute atomic E-state index is 13.0. The molecule has 0 aromatic heterocycles. The number of carbonyl (C=O) groups excluding carboxylic acids is 3. The first-order chi connectivity index (χ1) is 12.9. The Morgan fingerprint density at radius 3 is 2.52 bits per heavy atom. The summed E-state index contributed by atoms with van der Waals surface area (Å²) in [6.07, 6.45) is 0.962. The minimum atomic E-state index is -0.587. The van der Waals surface area contributed by atoms with Crippen LogP contribution in [0, 0.1) is 11.8 Å². The molecule has 1 aromatic rings. The minimum absolute atomic E-state index is 0.114. The number of hydrogen-bond donors (Lipinski definition) is 0. The molecule has 2 heterocycles. The zero-order valence-corrected chi connectivity index (χ0v) is 16.0. The van der Waals surface area contributed by atoms with Crippen LogP contribution in [0.2, 0.25) is 0 Å². The third-order valence-corrected chi connectivity index (χ3v) is 5.34. The van der Waals surface area contributed by atoms with Crippen LogP contribution in [0.15, 0.2) is 30.3 Å². The Morgan fingerprint density at radius 1 is 1.15 bits per heavy atom. The summed E-state index contributed by atoms with van der Waals surface area (Å²) in [5.41, 5.74) is 0.463. The number of hydrogen-bond acceptors (Lipinski definition) is 6. The summed E-state index contributed by atoms with van der Waals surface area (Å²) >= 11 is 0. The highest BCUT2D eigenvalue weighted by molar-refractivity contribution is 5.95. The summed E-state index contributed by atoms with van der Waals surface area (Å²) in [7, 11) is 0. The second-order valence-corrected chi connectivity index (χ2v) is 7.48. The van der Waals surface area contributed by atoms with Crippen LogP contribution in [0.1, 0.15) is 44.0 Å². The second kappa shape index (κ2) is 8.08. The Balaban J connectivity index is 1.69. The topological polar surface area (TPSA) is 76.2 Å². The minimum Gasteiger partial charge on any atom is -0.447 e. The van der Waals surface area contributed by atoms with Crippen molar-refractivity contribution >= 4 is 18.0 Å². The Kier molecular flexibility index (Phi) is 5.79. The number of ether oxygens (including phenoxy) is 1. The molecule has 2 fully saturated rings. The van der Waals surface area contributed by atoms with E-state index >= 15 is 0 Å². The van der Waals surface area contributed by atoms with Crippen molar-refractivity contribution in [3.8, 4) is 0 Å². The standard InChI is InChI=1S/C20H26N2O5/c1-13(2)17-12-26-20(25)22(17)18(23)14(3)16-10-7-11-21(16)27-19(24)15-8-5-4-6-9-15/h4-6,8-9,13-14,16-17H,7,10-12H2,1-3H3/t14-,16-,17+/m0/s1. The van der Waals surface area contributed by atoms with Crippen molar-refractivity contribution in [1.82, 2.24) is 9.96 Å². The molecular formula is C20H26N2O5. The molecule has 2 aliphatic rings. The molecule has 0 bridgehead atoms. The lowest BCUT2D eigenvalue weighted by Gasteiger charge is -2.31. The van der Waals surface area contributed by atoms with Crippen molar-refractivity contribution in [3.63, 3.8) is 0 Å². The van der Waals surface area contributed by atoms with Gasteiger partial charge in [-0.25, -0.2) is 14.5 Å². The second-order valence-electron chi connectivity index (χ2n) is 7.48. The number of benzene rings is 1. The van der Waals surface area contributed by atoms with E-state index in [4.69, 9.17) is 9.57 Å². The van der Waals surface area contributed by atoms with E-state index in [0.29, 0.717) is 12.1 Å². The number of amides is 2. The fourth-order valence-electron chi connectivity index (χ4n) is 3.68. The molecule has 3 atom stereocenters. The number of rotatable bonds is 5. The molecule has 2 aliphatic heterocycles. The van der Waals surface area contributed by atoms with Crippen LogP contribution in [0.3, 0.4) is 0 Å². The largest absolute Gasteiger partial charge is 0.447 e. The summed E-state index contributed by atoms with van der Waals surface area (Å²) < 4.78 is 5.09. The van der Waals surface area contributed by atoms with Gasteiger partial charge in [-0.2, -0.15) is 0 Å². The molecule has 1 aromatic carbocycles. The maximum atomic E-state index is 13.0. The number of hydroxylamine groups is 2. The van der Waals surface area contributed by atoms with Gasteiger partial charge >= 0.3 is 12.1 Å². The predicted molar refractivity (Wildman–Crippen MR) is 97.6 cm³/mol. The highest BCUT2D eigenvalue weighted by Gasteiger charge is 2.45. The van der Waals surface area contributed by atoms with Crippen molar-refractivity contribution in [2.45, 2.75) is 45.7 Å². The van der Waals surface area contributed by atoms with Gasteiger partial charge in [0, 0.05) is 6.54 Å². The number of cyclic esters (lactones) is 1. The van der Waals surface area contributed by atoms with E-state index in [-0.39, 0.29) is 30.5 Å². The molecule has 7 nitrogen and oxygen atoms in total. The van der Waals surface area contributed by atoms with Crippen LogP contribution in [0.25, 0.3) is 0 Å². The quantitative estimate of drug-likeness (QED) is 0.789. The van der Waals surface area contributed by atoms with E-state index < -0.39 is 18.0 Å². The monoisotopic (exact) mass is 374 g/mol. The van der Waals surface area contributed by atoms with Crippen molar-refractivity contribution < 1.29 is 24.0 Å². The van der Waals surface area contributed by atoms with E-state index in [1.54, 1.807) is 36.3 Å². The van der Waals surface area contributed by atoms with Crippen molar-refractivity contribution in [3.05, 3.63) is 35.9 Å². The Hall–Kier alpha value is -2.41. The number of nitrogens with zero attached hydrogens (tertiary/aromatic N) is 2. The average Bonchev–Trinajstić information content (AvgIpc) is 3.27. The van der Waals surface area contributed by atoms with Crippen LogP contribution in [-0.4, -0.2) is 53.2 Å². The van der Waals surface area contributed by atoms with Gasteiger partial charge < -0.3 is 9.57 Å². The van der Waals surface area contributed by atoms with Gasteiger partial charge in [0.05, 0.1) is 23.6 Å². The zero-order chi connectivity index (χ0) is 19.6. The van der Waals surface area contributed by atoms with E-state index in [0.717, 1.165) is 12.8 Å². The molecule has 146 valence electrons. The first kappa shape index (κ1) is 19.4. The van der Waals surface area contributed by atoms with Gasteiger partial charge in [0.1, 0.15) is 6.61 Å². The summed E-state index contributed by atoms with van der Waals surface area (Å²) in [6.45, 7) is 6.50. The molecule has 0 aliphatic carbocycles. The van der Waals surface area contributed by atoms with Crippen molar-refractivity contribution in [1.29, 1.82) is 0 Å². The molecule has 0 radical (unpaired) electrons. The summed E-state index contributed by atoms with van der Waals surface area (Å²) in [5.74, 6) is -1.09. The summed E-state index contributed by atoms with van der Waals surface area (Å²) in [5, 5.41) is 1.59. The lowest BCUT2D eigenvalue weighted by atomic mass is 9.96. The molecule has 7 heteroatoms. The Labute approximate surface area is 159 Å². The average molecular weight is 374 g/mol. The van der Waals surface area contributed by atoms with Crippen LogP contribution in [0.4, 0.5) is 4.79 Å². The van der Waals surface area contributed by atoms with Crippen LogP contribution < -0.4 is 0 Å². The van der Waals surface area contributed by atoms with Gasteiger partial charge in [-0.1, -0.05) is 39.0 Å². The molecule has 2 amide bonds. The van der Waals surface area contributed by atoms with E-state index in [9.17, 15) is 14.4 Å². The van der Waals surface area contributed by atoms with E-state index in [1.165, 1.54) is 4.90 Å². The smallest absolute Gasteiger partial charge is 0.416 e. The fraction of sp³-hybridized carbons (Fsp3) is 0.550. The van der Waals surface area contributed by atoms with Crippen LogP contribution >= 0.6 is 0 Å². The molecular weight excluding hydrogens is 348 g/mol. The lowest BCUT2D eigenvalue weighted by Crippen LogP contribution is -2.49. The lowest BCUT2D eigenvalue weighted by molar-refractivity contribution is -0.151. The van der Waals surface area contributed by atoms with Crippen LogP contribution in [0.5, 0.6) is 0 Å². The molecule has 0 unspecified atom stereocenters. The SMILES string of the molecule is CC(C)[C@H]1COC(=O)N1C(=O)[C@@H](C)[C@@H]1CCCN1OC(=O)c1ccccc1. The predicted octanol–water partition coefficient (Wildman–Crippen LogP) is 2.86. The highest BCUT2D eigenvalue weighted by atomic mass is 16.7. The number of carbonyl (C=O) groups is 3. The first-order valence-corrected chi connectivity index (χ1v) is 9.44. The highest BCUT2D eigenvalue weighted by Crippen LogP contribution is 2.29. The van der Waals surface area contributed by atoms with Gasteiger partial charge in [0.15, 0.2) is 0 Å². The van der Waals surface area contributed by atoms with Crippen molar-refractivity contribution in [2.24, 2.45) is 11.8 Å². The maximum Gasteiger partial charge on any atom is 0.416 e. The van der Waals surface area contributed by atoms with E-state index in [2.05, 4.69) is 0 Å². The van der Waals surface area contributed by atoms with Gasteiger partial charge in [-0.15, -0.1) is 5.06 Å². The third-order valence-electron chi connectivity index (χ3n) is 5.34. The van der Waals surface area contributed by atoms with Crippen molar-refractivity contribution in [2.75, 3.05) is 13.2 Å². The van der Waals surface area contributed by atoms with Gasteiger partial charge in [0.25, 0.3) is 0 Å². The normalized spacial score (nSPS) is 24.1. The van der Waals surface area contributed by atoms with Crippen LogP contribution in [-0.2, 0) is 14.4 Å². The van der Waals surface area contributed by atoms with E-state index in [1.807, 2.05) is 19.9 Å². The zero-order valence-electron chi connectivity index (χ0n) is 16.0. The summed E-state index contributed by atoms with van der Waals surface area (Å²) in [6, 6.07) is 8.24. The Morgan fingerprint density at radius 2 is 1.85 bits per heavy atom. The number of imide groups is 1. The molecule has 3 rings (SSSR count). The third kappa shape index (κ3) is 3.98. The molecule has 0 saturated carbocycles.